The molecule has 2 aromatic rings. The first-order valence-electron chi connectivity index (χ1n) is 4.04. The largest absolute Gasteiger partial charge is 0.497 e. The molecule has 1 aromatic heterocycles. The van der Waals surface area contributed by atoms with Crippen LogP contribution in [0.1, 0.15) is 0 Å². The van der Waals surface area contributed by atoms with E-state index in [4.69, 9.17) is 10.5 Å². The van der Waals surface area contributed by atoms with Gasteiger partial charge in [0.05, 0.1) is 12.6 Å². The molecule has 74 valence electrons. The highest BCUT2D eigenvalue weighted by Crippen LogP contribution is 2.12. The predicted octanol–water partition coefficient (Wildman–Crippen LogP) is 2.42. The van der Waals surface area contributed by atoms with Crippen LogP contribution in [0.5, 0.6) is 5.75 Å². The van der Waals surface area contributed by atoms with Crippen LogP contribution in [-0.4, -0.2) is 12.1 Å². The first-order valence-corrected chi connectivity index (χ1v) is 4.99. The fourth-order valence-electron chi connectivity index (χ4n) is 0.817. The molecule has 0 aliphatic carbocycles. The highest BCUT2D eigenvalue weighted by Gasteiger charge is 1.87. The maximum absolute atomic E-state index is 5.45. The molecule has 0 spiro atoms. The monoisotopic (exact) mass is 208 g/mol. The van der Waals surface area contributed by atoms with E-state index in [1.165, 1.54) is 0 Å². The summed E-state index contributed by atoms with van der Waals surface area (Å²) in [6, 6.07) is 7.31. The van der Waals surface area contributed by atoms with Crippen molar-refractivity contribution in [3.05, 3.63) is 41.4 Å². The van der Waals surface area contributed by atoms with Gasteiger partial charge in [-0.3, -0.25) is 4.98 Å². The lowest BCUT2D eigenvalue weighted by Crippen LogP contribution is -1.86. The normalized spacial score (nSPS) is 8.64. The van der Waals surface area contributed by atoms with E-state index in [2.05, 4.69) is 4.98 Å². The maximum Gasteiger partial charge on any atom is 0.120 e. The summed E-state index contributed by atoms with van der Waals surface area (Å²) in [7, 11) is 1.62. The van der Waals surface area contributed by atoms with Crippen LogP contribution >= 0.6 is 11.3 Å². The number of nitrogen functional groups attached to an aromatic ring is 1. The highest BCUT2D eigenvalue weighted by molar-refractivity contribution is 7.07. The van der Waals surface area contributed by atoms with Gasteiger partial charge in [-0.15, -0.1) is 11.3 Å². The van der Waals surface area contributed by atoms with E-state index in [0.29, 0.717) is 0 Å². The Morgan fingerprint density at radius 3 is 2.64 bits per heavy atom. The molecule has 0 aliphatic rings. The van der Waals surface area contributed by atoms with Gasteiger partial charge in [-0.2, -0.15) is 0 Å². The van der Waals surface area contributed by atoms with Crippen LogP contribution in [-0.2, 0) is 0 Å². The zero-order valence-electron chi connectivity index (χ0n) is 7.88. The van der Waals surface area contributed by atoms with E-state index in [0.717, 1.165) is 11.4 Å². The smallest absolute Gasteiger partial charge is 0.120 e. The van der Waals surface area contributed by atoms with E-state index >= 15 is 0 Å². The molecule has 1 heterocycles. The summed E-state index contributed by atoms with van der Waals surface area (Å²) >= 11 is 1.60. The van der Waals surface area contributed by atoms with Gasteiger partial charge in [0.1, 0.15) is 5.75 Å². The summed E-state index contributed by atoms with van der Waals surface area (Å²) < 4.78 is 4.92. The van der Waals surface area contributed by atoms with Gasteiger partial charge in [0.25, 0.3) is 0 Å². The molecule has 0 bridgehead atoms. The van der Waals surface area contributed by atoms with Crippen molar-refractivity contribution in [2.24, 2.45) is 0 Å². The Balaban J connectivity index is 0.000000165. The average molecular weight is 208 g/mol. The van der Waals surface area contributed by atoms with E-state index in [9.17, 15) is 0 Å². The van der Waals surface area contributed by atoms with Gasteiger partial charge in [0, 0.05) is 23.3 Å². The summed E-state index contributed by atoms with van der Waals surface area (Å²) in [6.45, 7) is 0. The molecule has 0 amide bonds. The minimum absolute atomic E-state index is 0.731. The lowest BCUT2D eigenvalue weighted by Gasteiger charge is -1.97. The van der Waals surface area contributed by atoms with Crippen LogP contribution < -0.4 is 10.5 Å². The topological polar surface area (TPSA) is 48.1 Å². The SMILES string of the molecule is COc1cccc(N)c1.c1cscn1. The van der Waals surface area contributed by atoms with Gasteiger partial charge in [-0.25, -0.2) is 0 Å². The zero-order chi connectivity index (χ0) is 10.2. The Hall–Kier alpha value is -1.55. The molecular weight excluding hydrogens is 196 g/mol. The molecule has 14 heavy (non-hydrogen) atoms. The molecule has 2 N–H and O–H groups in total. The number of ether oxygens (including phenoxy) is 1. The van der Waals surface area contributed by atoms with Crippen molar-refractivity contribution in [3.63, 3.8) is 0 Å². The third-order valence-corrected chi connectivity index (χ3v) is 1.96. The molecule has 1 aromatic carbocycles. The lowest BCUT2D eigenvalue weighted by molar-refractivity contribution is 0.415. The fourth-order valence-corrected chi connectivity index (χ4v) is 1.17. The Morgan fingerprint density at radius 2 is 2.29 bits per heavy atom. The molecule has 0 atom stereocenters. The Labute approximate surface area is 87.2 Å². The van der Waals surface area contributed by atoms with E-state index in [1.807, 2.05) is 23.6 Å². The van der Waals surface area contributed by atoms with E-state index < -0.39 is 0 Å². The summed E-state index contributed by atoms with van der Waals surface area (Å²) in [5.41, 5.74) is 7.98. The van der Waals surface area contributed by atoms with Gasteiger partial charge in [0.15, 0.2) is 0 Å². The second-order valence-corrected chi connectivity index (χ2v) is 3.21. The molecule has 0 radical (unpaired) electrons. The van der Waals surface area contributed by atoms with Gasteiger partial charge < -0.3 is 10.5 Å². The molecule has 2 rings (SSSR count). The van der Waals surface area contributed by atoms with Gasteiger partial charge >= 0.3 is 0 Å². The predicted molar refractivity (Wildman–Crippen MR) is 59.5 cm³/mol. The van der Waals surface area contributed by atoms with Gasteiger partial charge in [-0.1, -0.05) is 6.07 Å². The summed E-state index contributed by atoms with van der Waals surface area (Å²) in [6.07, 6.45) is 1.77. The number of anilines is 1. The first-order chi connectivity index (χ1) is 6.83. The minimum atomic E-state index is 0.731. The summed E-state index contributed by atoms with van der Waals surface area (Å²) in [4.78, 5) is 3.74. The van der Waals surface area contributed by atoms with Crippen molar-refractivity contribution in [2.45, 2.75) is 0 Å². The third-order valence-electron chi connectivity index (χ3n) is 1.44. The molecular formula is C10H12N2OS. The Morgan fingerprint density at radius 1 is 1.43 bits per heavy atom. The molecule has 4 heteroatoms. The van der Waals surface area contributed by atoms with Crippen molar-refractivity contribution in [1.82, 2.24) is 4.98 Å². The zero-order valence-corrected chi connectivity index (χ0v) is 8.70. The number of nitrogens with zero attached hydrogens (tertiary/aromatic N) is 1. The number of hydrogen-bond donors (Lipinski definition) is 1. The van der Waals surface area contributed by atoms with Crippen molar-refractivity contribution in [2.75, 3.05) is 12.8 Å². The van der Waals surface area contributed by atoms with Crippen LogP contribution in [0.15, 0.2) is 41.4 Å². The number of aromatic nitrogens is 1. The molecule has 0 saturated carbocycles. The molecule has 3 nitrogen and oxygen atoms in total. The number of methoxy groups -OCH3 is 1. The number of thiazole rings is 1. The van der Waals surface area contributed by atoms with Crippen molar-refractivity contribution >= 4 is 17.0 Å². The number of rotatable bonds is 1. The first kappa shape index (κ1) is 10.5. The second-order valence-electron chi connectivity index (χ2n) is 2.45. The van der Waals surface area contributed by atoms with Gasteiger partial charge in [-0.05, 0) is 12.1 Å². The Bertz CT molecular complexity index is 332. The quantitative estimate of drug-likeness (QED) is 0.732. The average Bonchev–Trinajstić information content (AvgIpc) is 2.75. The third kappa shape index (κ3) is 3.91. The van der Waals surface area contributed by atoms with Gasteiger partial charge in [0.2, 0.25) is 0 Å². The van der Waals surface area contributed by atoms with Crippen molar-refractivity contribution < 1.29 is 4.74 Å². The van der Waals surface area contributed by atoms with E-state index in [1.54, 1.807) is 36.2 Å². The molecule has 0 saturated heterocycles. The summed E-state index contributed by atoms with van der Waals surface area (Å²) in [5, 5.41) is 1.93. The highest BCUT2D eigenvalue weighted by atomic mass is 32.1. The van der Waals surface area contributed by atoms with Crippen LogP contribution in [0.4, 0.5) is 5.69 Å². The van der Waals surface area contributed by atoms with Crippen molar-refractivity contribution in [1.29, 1.82) is 0 Å². The Kier molecular flexibility index (Phi) is 4.50. The number of benzene rings is 1. The maximum atomic E-state index is 5.45. The summed E-state index contributed by atoms with van der Waals surface area (Å²) in [5.74, 6) is 0.801. The standard InChI is InChI=1S/C7H9NO.C3H3NS/c1-9-7-4-2-3-6(8)5-7;1-2-5-3-4-1/h2-5H,8H2,1H3;1-3H. The van der Waals surface area contributed by atoms with Crippen LogP contribution in [0.25, 0.3) is 0 Å². The lowest BCUT2D eigenvalue weighted by atomic mass is 10.3. The fraction of sp³-hybridized carbons (Fsp3) is 0.100. The number of hydrogen-bond acceptors (Lipinski definition) is 4. The minimum Gasteiger partial charge on any atom is -0.497 e. The second kappa shape index (κ2) is 5.99. The van der Waals surface area contributed by atoms with E-state index in [-0.39, 0.29) is 0 Å². The molecule has 0 fully saturated rings. The molecule has 0 aliphatic heterocycles. The van der Waals surface area contributed by atoms with Crippen LogP contribution in [0.2, 0.25) is 0 Å². The van der Waals surface area contributed by atoms with Crippen LogP contribution in [0, 0.1) is 0 Å². The number of nitrogens with two attached hydrogens (primary N) is 1. The molecule has 0 unspecified atom stereocenters. The van der Waals surface area contributed by atoms with Crippen LogP contribution in [0.3, 0.4) is 0 Å². The van der Waals surface area contributed by atoms with Crippen molar-refractivity contribution in [3.8, 4) is 5.75 Å².